The Morgan fingerprint density at radius 3 is 2.60 bits per heavy atom. The van der Waals surface area contributed by atoms with Gasteiger partial charge in [-0.25, -0.2) is 4.98 Å². The number of nitrogens with one attached hydrogen (secondary N) is 1. The fourth-order valence-corrected chi connectivity index (χ4v) is 3.78. The molecule has 0 unspecified atom stereocenters. The lowest BCUT2D eigenvalue weighted by Crippen LogP contribution is -2.42. The molecule has 1 heterocycles. The van der Waals surface area contributed by atoms with Crippen LogP contribution >= 0.6 is 11.3 Å². The highest BCUT2D eigenvalue weighted by Crippen LogP contribution is 2.24. The second-order valence-corrected chi connectivity index (χ2v) is 7.82. The Morgan fingerprint density at radius 1 is 1.24 bits per heavy atom. The van der Waals surface area contributed by atoms with Gasteiger partial charge in [-0.3, -0.25) is 9.69 Å². The number of aryl methyl sites for hydroxylation is 1. The topological polar surface area (TPSA) is 45.2 Å². The van der Waals surface area contributed by atoms with Crippen LogP contribution in [0.4, 0.5) is 0 Å². The van der Waals surface area contributed by atoms with Crippen molar-refractivity contribution in [3.63, 3.8) is 0 Å². The van der Waals surface area contributed by atoms with E-state index in [9.17, 15) is 4.79 Å². The SMILES string of the molecule is Cc1cccc(-c2nc(CC(=O)NCCN(C(C)C)C(C)C)cs2)c1. The first-order chi connectivity index (χ1) is 11.9. The molecule has 0 aliphatic carbocycles. The number of nitrogens with zero attached hydrogens (tertiary/aromatic N) is 2. The third kappa shape index (κ3) is 5.94. The maximum atomic E-state index is 12.2. The van der Waals surface area contributed by atoms with Crippen LogP contribution in [0.1, 0.15) is 39.0 Å². The Morgan fingerprint density at radius 2 is 1.96 bits per heavy atom. The molecule has 0 aliphatic heterocycles. The summed E-state index contributed by atoms with van der Waals surface area (Å²) < 4.78 is 0. The van der Waals surface area contributed by atoms with Crippen LogP contribution in [0.3, 0.4) is 0 Å². The number of hydrogen-bond acceptors (Lipinski definition) is 4. The Bertz CT molecular complexity index is 686. The second kappa shape index (κ2) is 9.11. The van der Waals surface area contributed by atoms with E-state index >= 15 is 0 Å². The molecular formula is C20H29N3OS. The maximum Gasteiger partial charge on any atom is 0.226 e. The molecule has 0 fully saturated rings. The first-order valence-corrected chi connectivity index (χ1v) is 9.78. The number of thiazole rings is 1. The molecule has 2 rings (SSSR count). The van der Waals surface area contributed by atoms with Crippen LogP contribution < -0.4 is 5.32 Å². The van der Waals surface area contributed by atoms with Crippen molar-refractivity contribution in [2.24, 2.45) is 0 Å². The van der Waals surface area contributed by atoms with Gasteiger partial charge in [-0.15, -0.1) is 11.3 Å². The fraction of sp³-hybridized carbons (Fsp3) is 0.500. The molecule has 0 radical (unpaired) electrons. The number of benzene rings is 1. The molecule has 1 N–H and O–H groups in total. The van der Waals surface area contributed by atoms with Crippen molar-refractivity contribution in [3.8, 4) is 10.6 Å². The summed E-state index contributed by atoms with van der Waals surface area (Å²) in [5.74, 6) is 0.0357. The van der Waals surface area contributed by atoms with Crippen molar-refractivity contribution >= 4 is 17.2 Å². The summed E-state index contributed by atoms with van der Waals surface area (Å²) in [6, 6.07) is 9.24. The van der Waals surface area contributed by atoms with E-state index in [-0.39, 0.29) is 5.91 Å². The van der Waals surface area contributed by atoms with Crippen molar-refractivity contribution in [2.75, 3.05) is 13.1 Å². The third-order valence-corrected chi connectivity index (χ3v) is 5.12. The number of aromatic nitrogens is 1. The van der Waals surface area contributed by atoms with Crippen molar-refractivity contribution in [1.29, 1.82) is 0 Å². The van der Waals surface area contributed by atoms with Crippen molar-refractivity contribution in [1.82, 2.24) is 15.2 Å². The zero-order valence-corrected chi connectivity index (χ0v) is 16.7. The molecule has 1 amide bonds. The molecule has 5 heteroatoms. The minimum Gasteiger partial charge on any atom is -0.354 e. The van der Waals surface area contributed by atoms with E-state index < -0.39 is 0 Å². The number of carbonyl (C=O) groups excluding carboxylic acids is 1. The maximum absolute atomic E-state index is 12.2. The average Bonchev–Trinajstić information content (AvgIpc) is 2.99. The van der Waals surface area contributed by atoms with Gasteiger partial charge in [-0.2, -0.15) is 0 Å². The van der Waals surface area contributed by atoms with E-state index in [1.807, 2.05) is 11.4 Å². The van der Waals surface area contributed by atoms with E-state index in [0.29, 0.717) is 25.0 Å². The smallest absolute Gasteiger partial charge is 0.226 e. The minimum absolute atomic E-state index is 0.0357. The molecule has 2 aromatic rings. The minimum atomic E-state index is 0.0357. The van der Waals surface area contributed by atoms with Crippen molar-refractivity contribution < 1.29 is 4.79 Å². The molecule has 1 aromatic heterocycles. The molecule has 4 nitrogen and oxygen atoms in total. The highest BCUT2D eigenvalue weighted by molar-refractivity contribution is 7.13. The van der Waals surface area contributed by atoms with Gasteiger partial charge in [0, 0.05) is 36.1 Å². The zero-order valence-electron chi connectivity index (χ0n) is 15.9. The van der Waals surface area contributed by atoms with Gasteiger partial charge in [0.05, 0.1) is 12.1 Å². The van der Waals surface area contributed by atoms with Crippen LogP contribution in [0, 0.1) is 6.92 Å². The van der Waals surface area contributed by atoms with E-state index in [0.717, 1.165) is 22.8 Å². The molecule has 0 saturated heterocycles. The van der Waals surface area contributed by atoms with Crippen molar-refractivity contribution in [3.05, 3.63) is 40.9 Å². The van der Waals surface area contributed by atoms with Gasteiger partial charge < -0.3 is 5.32 Å². The van der Waals surface area contributed by atoms with Gasteiger partial charge >= 0.3 is 0 Å². The lowest BCUT2D eigenvalue weighted by Gasteiger charge is -2.30. The molecule has 0 atom stereocenters. The van der Waals surface area contributed by atoms with Crippen LogP contribution in [0.2, 0.25) is 0 Å². The van der Waals surface area contributed by atoms with Crippen LogP contribution in [0.15, 0.2) is 29.6 Å². The Kier molecular flexibility index (Phi) is 7.14. The summed E-state index contributed by atoms with van der Waals surface area (Å²) in [5.41, 5.74) is 3.16. The fourth-order valence-electron chi connectivity index (χ4n) is 2.96. The van der Waals surface area contributed by atoms with Gasteiger partial charge in [0.25, 0.3) is 0 Å². The lowest BCUT2D eigenvalue weighted by molar-refractivity contribution is -0.120. The molecule has 25 heavy (non-hydrogen) atoms. The number of carbonyl (C=O) groups is 1. The average molecular weight is 360 g/mol. The summed E-state index contributed by atoms with van der Waals surface area (Å²) in [7, 11) is 0. The highest BCUT2D eigenvalue weighted by atomic mass is 32.1. The largest absolute Gasteiger partial charge is 0.354 e. The van der Waals surface area contributed by atoms with Crippen molar-refractivity contribution in [2.45, 2.75) is 53.1 Å². The van der Waals surface area contributed by atoms with Gasteiger partial charge in [-0.1, -0.05) is 23.8 Å². The molecule has 0 spiro atoms. The monoisotopic (exact) mass is 359 g/mol. The first-order valence-electron chi connectivity index (χ1n) is 8.90. The highest BCUT2D eigenvalue weighted by Gasteiger charge is 2.14. The molecule has 136 valence electrons. The Labute approximate surface area is 155 Å². The van der Waals surface area contributed by atoms with Gasteiger partial charge in [0.1, 0.15) is 5.01 Å². The molecule has 1 aromatic carbocycles. The molecule has 0 bridgehead atoms. The molecule has 0 saturated carbocycles. The number of hydrogen-bond donors (Lipinski definition) is 1. The standard InChI is InChI=1S/C20H29N3OS/c1-14(2)23(15(3)4)10-9-21-19(24)12-18-13-25-20(22-18)17-8-6-7-16(5)11-17/h6-8,11,13-15H,9-10,12H2,1-5H3,(H,21,24). The number of amides is 1. The lowest BCUT2D eigenvalue weighted by atomic mass is 10.1. The molecular weight excluding hydrogens is 330 g/mol. The predicted octanol–water partition coefficient (Wildman–Crippen LogP) is 3.90. The summed E-state index contributed by atoms with van der Waals surface area (Å²) in [6.45, 7) is 12.3. The van der Waals surface area contributed by atoms with Gasteiger partial charge in [0.15, 0.2) is 0 Å². The van der Waals surface area contributed by atoms with Crippen LogP contribution in [-0.2, 0) is 11.2 Å². The third-order valence-electron chi connectivity index (χ3n) is 4.18. The summed E-state index contributed by atoms with van der Waals surface area (Å²) in [5, 5.41) is 5.96. The van der Waals surface area contributed by atoms with E-state index in [1.165, 1.54) is 5.56 Å². The normalized spacial score (nSPS) is 11.5. The zero-order chi connectivity index (χ0) is 18.4. The summed E-state index contributed by atoms with van der Waals surface area (Å²) in [4.78, 5) is 19.2. The second-order valence-electron chi connectivity index (χ2n) is 6.97. The van der Waals surface area contributed by atoms with Gasteiger partial charge in [-0.05, 0) is 40.7 Å². The predicted molar refractivity (Wildman–Crippen MR) is 106 cm³/mol. The van der Waals surface area contributed by atoms with E-state index in [4.69, 9.17) is 0 Å². The van der Waals surface area contributed by atoms with Gasteiger partial charge in [0.2, 0.25) is 5.91 Å². The van der Waals surface area contributed by atoms with E-state index in [2.05, 4.69) is 68.0 Å². The molecule has 0 aliphatic rings. The van der Waals surface area contributed by atoms with E-state index in [1.54, 1.807) is 11.3 Å². The van der Waals surface area contributed by atoms with Crippen LogP contribution in [0.5, 0.6) is 0 Å². The quantitative estimate of drug-likeness (QED) is 0.777. The first kappa shape index (κ1) is 19.6. The Hall–Kier alpha value is -1.72. The van der Waals surface area contributed by atoms with Crippen LogP contribution in [0.25, 0.3) is 10.6 Å². The van der Waals surface area contributed by atoms with Crippen LogP contribution in [-0.4, -0.2) is 41.0 Å². The summed E-state index contributed by atoms with van der Waals surface area (Å²) in [6.07, 6.45) is 0.339. The number of rotatable bonds is 8. The Balaban J connectivity index is 1.85. The summed E-state index contributed by atoms with van der Waals surface area (Å²) >= 11 is 1.59.